The zero-order valence-corrected chi connectivity index (χ0v) is 25.2. The highest BCUT2D eigenvalue weighted by atomic mass is 35.5. The van der Waals surface area contributed by atoms with E-state index in [1.165, 1.54) is 11.8 Å². The topological polar surface area (TPSA) is 113 Å². The molecular formula is C29H37ClN4O5S. The van der Waals surface area contributed by atoms with Gasteiger partial charge >= 0.3 is 0 Å². The fraction of sp³-hybridized carbons (Fsp3) is 0.552. The average molecular weight is 589 g/mol. The molecule has 11 heteroatoms. The van der Waals surface area contributed by atoms with Gasteiger partial charge in [-0.1, -0.05) is 11.6 Å². The lowest BCUT2D eigenvalue weighted by atomic mass is 9.81. The van der Waals surface area contributed by atoms with Gasteiger partial charge in [-0.25, -0.2) is 0 Å². The van der Waals surface area contributed by atoms with Crippen molar-refractivity contribution in [3.05, 3.63) is 49.9 Å². The van der Waals surface area contributed by atoms with E-state index in [1.807, 2.05) is 38.0 Å². The summed E-state index contributed by atoms with van der Waals surface area (Å²) in [4.78, 5) is 42.7. The van der Waals surface area contributed by atoms with Crippen LogP contribution in [-0.4, -0.2) is 58.9 Å². The Morgan fingerprint density at radius 2 is 1.80 bits per heavy atom. The summed E-state index contributed by atoms with van der Waals surface area (Å²) in [5.74, 6) is 0.0531. The predicted octanol–water partition coefficient (Wildman–Crippen LogP) is 4.16. The molecule has 1 saturated heterocycles. The minimum Gasteiger partial charge on any atom is -0.448 e. The molecule has 3 heterocycles. The van der Waals surface area contributed by atoms with Gasteiger partial charge in [0.25, 0.3) is 17.3 Å². The van der Waals surface area contributed by atoms with Crippen LogP contribution in [0, 0.1) is 19.8 Å². The van der Waals surface area contributed by atoms with Crippen molar-refractivity contribution in [2.24, 2.45) is 5.92 Å². The maximum atomic E-state index is 13.2. The summed E-state index contributed by atoms with van der Waals surface area (Å²) in [5.41, 5.74) is 2.12. The van der Waals surface area contributed by atoms with Crippen LogP contribution >= 0.6 is 23.4 Å². The summed E-state index contributed by atoms with van der Waals surface area (Å²) in [5, 5.41) is 6.89. The summed E-state index contributed by atoms with van der Waals surface area (Å²) in [6.45, 7) is 8.88. The third kappa shape index (κ3) is 5.58. The number of aromatic nitrogens is 1. The van der Waals surface area contributed by atoms with E-state index in [0.29, 0.717) is 45.3 Å². The third-order valence-electron chi connectivity index (χ3n) is 8.44. The minimum atomic E-state index is -0.874. The van der Waals surface area contributed by atoms with Crippen LogP contribution in [0.5, 0.6) is 11.5 Å². The fourth-order valence-electron chi connectivity index (χ4n) is 6.01. The monoisotopic (exact) mass is 588 g/mol. The number of carbonyl (C=O) groups excluding carboxylic acids is 2. The maximum absolute atomic E-state index is 13.2. The molecular weight excluding hydrogens is 552 g/mol. The molecule has 0 spiro atoms. The number of H-pyrrole nitrogens is 1. The second-order valence-electron chi connectivity index (χ2n) is 11.3. The van der Waals surface area contributed by atoms with Crippen molar-refractivity contribution in [1.29, 1.82) is 0 Å². The number of nitrogens with one attached hydrogen (secondary N) is 3. The molecule has 5 rings (SSSR count). The number of nitrogens with zero attached hydrogens (tertiary/aromatic N) is 1. The van der Waals surface area contributed by atoms with Crippen molar-refractivity contribution in [1.82, 2.24) is 20.5 Å². The number of hydrogen-bond donors (Lipinski definition) is 3. The van der Waals surface area contributed by atoms with Gasteiger partial charge in [-0.3, -0.25) is 14.4 Å². The summed E-state index contributed by atoms with van der Waals surface area (Å²) in [6, 6.07) is 4.29. The fourth-order valence-corrected chi connectivity index (χ4v) is 6.95. The van der Waals surface area contributed by atoms with Crippen LogP contribution in [-0.2, 0) is 11.3 Å². The molecule has 40 heavy (non-hydrogen) atoms. The van der Waals surface area contributed by atoms with E-state index in [4.69, 9.17) is 21.1 Å². The highest BCUT2D eigenvalue weighted by Gasteiger charge is 2.47. The minimum absolute atomic E-state index is 0.0960. The molecule has 1 atom stereocenters. The number of fused-ring (bicyclic) bond motifs is 1. The molecule has 3 N–H and O–H groups in total. The van der Waals surface area contributed by atoms with Crippen LogP contribution in [0.25, 0.3) is 0 Å². The Bertz CT molecular complexity index is 1380. The quantitative estimate of drug-likeness (QED) is 0.416. The molecule has 2 aromatic rings. The molecule has 1 unspecified atom stereocenters. The molecule has 1 aromatic carbocycles. The highest BCUT2D eigenvalue weighted by molar-refractivity contribution is 7.98. The second-order valence-corrected chi connectivity index (χ2v) is 12.5. The second kappa shape index (κ2) is 11.3. The maximum Gasteiger partial charge on any atom is 0.254 e. The zero-order chi connectivity index (χ0) is 28.8. The average Bonchev–Trinajstić information content (AvgIpc) is 3.26. The number of halogens is 1. The smallest absolute Gasteiger partial charge is 0.254 e. The molecule has 1 saturated carbocycles. The van der Waals surface area contributed by atoms with Crippen molar-refractivity contribution in [2.75, 3.05) is 19.3 Å². The van der Waals surface area contributed by atoms with Crippen LogP contribution in [0.1, 0.15) is 66.7 Å². The zero-order valence-electron chi connectivity index (χ0n) is 23.6. The van der Waals surface area contributed by atoms with Gasteiger partial charge in [-0.2, -0.15) is 0 Å². The number of amides is 2. The van der Waals surface area contributed by atoms with Gasteiger partial charge in [0.05, 0.1) is 5.02 Å². The first-order valence-electron chi connectivity index (χ1n) is 13.8. The van der Waals surface area contributed by atoms with E-state index in [9.17, 15) is 14.4 Å². The Hall–Kier alpha value is -2.69. The van der Waals surface area contributed by atoms with Crippen molar-refractivity contribution in [2.45, 2.75) is 82.7 Å². The first-order chi connectivity index (χ1) is 19.0. The lowest BCUT2D eigenvalue weighted by Gasteiger charge is -2.43. The van der Waals surface area contributed by atoms with Gasteiger partial charge in [0.15, 0.2) is 11.5 Å². The predicted molar refractivity (Wildman–Crippen MR) is 156 cm³/mol. The van der Waals surface area contributed by atoms with Crippen LogP contribution in [0.4, 0.5) is 0 Å². The van der Waals surface area contributed by atoms with Crippen LogP contribution in [0.15, 0.2) is 21.8 Å². The van der Waals surface area contributed by atoms with Gasteiger partial charge in [-0.15, -0.1) is 11.8 Å². The summed E-state index contributed by atoms with van der Waals surface area (Å²) >= 11 is 8.09. The molecule has 2 fully saturated rings. The van der Waals surface area contributed by atoms with Crippen LogP contribution in [0.3, 0.4) is 0 Å². The molecule has 1 aliphatic carbocycles. The Balaban J connectivity index is 1.23. The van der Waals surface area contributed by atoms with Crippen LogP contribution < -0.4 is 25.7 Å². The van der Waals surface area contributed by atoms with Crippen molar-refractivity contribution in [3.8, 4) is 11.5 Å². The number of aryl methyl sites for hydroxylation is 1. The van der Waals surface area contributed by atoms with E-state index in [1.54, 1.807) is 13.0 Å². The summed E-state index contributed by atoms with van der Waals surface area (Å²) in [7, 11) is 0. The summed E-state index contributed by atoms with van der Waals surface area (Å²) < 4.78 is 12.8. The molecule has 2 amide bonds. The van der Waals surface area contributed by atoms with E-state index >= 15 is 0 Å². The molecule has 9 nitrogen and oxygen atoms in total. The van der Waals surface area contributed by atoms with Gasteiger partial charge in [0.2, 0.25) is 5.91 Å². The normalized spacial score (nSPS) is 24.1. The SMILES string of the molecule is CSc1cc(C)[nH]c(=O)c1CNC(=O)c1cc(Cl)c2c(c1C)OC(C)(C1CCC(NC3CN(C(C)=O)C3)CC1)O2. The molecule has 3 aliphatic rings. The first kappa shape index (κ1) is 28.8. The lowest BCUT2D eigenvalue weighted by molar-refractivity contribution is -0.134. The summed E-state index contributed by atoms with van der Waals surface area (Å²) in [6.07, 6.45) is 5.75. The van der Waals surface area contributed by atoms with Gasteiger partial charge in [0.1, 0.15) is 0 Å². The third-order valence-corrected chi connectivity index (χ3v) is 9.52. The van der Waals surface area contributed by atoms with E-state index in [0.717, 1.165) is 49.4 Å². The van der Waals surface area contributed by atoms with Crippen LogP contribution in [0.2, 0.25) is 5.02 Å². The molecule has 0 radical (unpaired) electrons. The number of benzene rings is 1. The Kier molecular flexibility index (Phi) is 8.14. The number of carbonyl (C=O) groups is 2. The molecule has 216 valence electrons. The molecule has 1 aromatic heterocycles. The number of hydrogen-bond acceptors (Lipinski definition) is 7. The van der Waals surface area contributed by atoms with Gasteiger partial charge in [-0.05, 0) is 57.9 Å². The molecule has 2 aliphatic heterocycles. The van der Waals surface area contributed by atoms with Crippen molar-refractivity contribution < 1.29 is 19.1 Å². The Morgan fingerprint density at radius 1 is 1.12 bits per heavy atom. The van der Waals surface area contributed by atoms with E-state index < -0.39 is 5.79 Å². The number of likely N-dealkylation sites (tertiary alicyclic amines) is 1. The van der Waals surface area contributed by atoms with Crippen molar-refractivity contribution in [3.63, 3.8) is 0 Å². The first-order valence-corrected chi connectivity index (χ1v) is 15.4. The number of pyridine rings is 1. The number of aromatic amines is 1. The molecule has 0 bridgehead atoms. The van der Waals surface area contributed by atoms with Crippen molar-refractivity contribution >= 4 is 35.2 Å². The van der Waals surface area contributed by atoms with Gasteiger partial charge < -0.3 is 30.0 Å². The highest BCUT2D eigenvalue weighted by Crippen LogP contribution is 2.51. The van der Waals surface area contributed by atoms with E-state index in [2.05, 4.69) is 15.6 Å². The lowest BCUT2D eigenvalue weighted by Crippen LogP contribution is -2.61. The Labute approximate surface area is 243 Å². The number of rotatable bonds is 7. The largest absolute Gasteiger partial charge is 0.448 e. The standard InChI is InChI=1S/C29H37ClN4O5S/c1-15-10-24(40-5)22(28(37)32-15)12-31-27(36)21-11-23(30)26-25(16(21)2)38-29(4,39-26)18-6-8-19(9-7-18)33-20-13-34(14-20)17(3)35/h10-11,18-20,33H,6-9,12-14H2,1-5H3,(H,31,36)(H,32,37). The van der Waals surface area contributed by atoms with Gasteiger partial charge in [0, 0.05) is 78.8 Å². The number of ether oxygens (including phenoxy) is 2. The number of thioether (sulfide) groups is 1. The Morgan fingerprint density at radius 3 is 2.45 bits per heavy atom. The van der Waals surface area contributed by atoms with E-state index in [-0.39, 0.29) is 29.8 Å².